The molecule has 2 heterocycles. The van der Waals surface area contributed by atoms with Crippen molar-refractivity contribution in [2.75, 3.05) is 39.8 Å². The van der Waals surface area contributed by atoms with Gasteiger partial charge in [0.25, 0.3) is 0 Å². The van der Waals surface area contributed by atoms with Crippen molar-refractivity contribution < 1.29 is 19.4 Å². The van der Waals surface area contributed by atoms with E-state index in [1.54, 1.807) is 13.8 Å². The molecule has 4 atom stereocenters. The van der Waals surface area contributed by atoms with Crippen LogP contribution < -0.4 is 0 Å². The van der Waals surface area contributed by atoms with Gasteiger partial charge < -0.3 is 14.7 Å². The zero-order valence-corrected chi connectivity index (χ0v) is 20.4. The topological polar surface area (TPSA) is 70.1 Å². The normalized spacial score (nSPS) is 35.9. The minimum atomic E-state index is -1.21. The first kappa shape index (κ1) is 25.3. The second kappa shape index (κ2) is 9.66. The predicted molar refractivity (Wildman–Crippen MR) is 119 cm³/mol. The van der Waals surface area contributed by atoms with E-state index < -0.39 is 22.9 Å². The van der Waals surface area contributed by atoms with Crippen LogP contribution in [0.25, 0.3) is 0 Å². The molecule has 0 amide bonds. The number of hydrogen-bond donors (Lipinski definition) is 1. The van der Waals surface area contributed by atoms with Gasteiger partial charge in [0.1, 0.15) is 12.0 Å². The molecule has 2 rings (SSSR count). The average Bonchev–Trinajstić information content (AvgIpc) is 2.56. The number of hydrogen-bond acceptors (Lipinski definition) is 6. The Morgan fingerprint density at radius 2 is 1.70 bits per heavy atom. The van der Waals surface area contributed by atoms with Gasteiger partial charge in [-0.15, -0.1) is 0 Å². The van der Waals surface area contributed by atoms with E-state index in [-0.39, 0.29) is 17.7 Å². The summed E-state index contributed by atoms with van der Waals surface area (Å²) in [7, 11) is 2.09. The average molecular weight is 425 g/mol. The Hall–Kier alpha value is -0.980. The van der Waals surface area contributed by atoms with Gasteiger partial charge in [0.2, 0.25) is 0 Å². The first-order valence-corrected chi connectivity index (χ1v) is 11.6. The third kappa shape index (κ3) is 6.27. The van der Waals surface area contributed by atoms with Gasteiger partial charge in [-0.3, -0.25) is 14.5 Å². The second-order valence-corrected chi connectivity index (χ2v) is 11.4. The quantitative estimate of drug-likeness (QED) is 0.555. The summed E-state index contributed by atoms with van der Waals surface area (Å²) in [6.45, 7) is 17.8. The molecule has 2 aliphatic rings. The summed E-state index contributed by atoms with van der Waals surface area (Å²) >= 11 is 0. The highest BCUT2D eigenvalue weighted by atomic mass is 16.5. The first-order chi connectivity index (χ1) is 13.7. The van der Waals surface area contributed by atoms with Crippen LogP contribution in [0.1, 0.15) is 61.3 Å². The molecule has 0 unspecified atom stereocenters. The number of carbonyl (C=O) groups excluding carboxylic acids is 2. The van der Waals surface area contributed by atoms with Crippen molar-refractivity contribution in [3.8, 4) is 0 Å². The fourth-order valence-electron chi connectivity index (χ4n) is 5.48. The van der Waals surface area contributed by atoms with E-state index in [0.29, 0.717) is 31.3 Å². The summed E-state index contributed by atoms with van der Waals surface area (Å²) in [5.41, 5.74) is -2.15. The Balaban J connectivity index is 2.21. The molecule has 2 aliphatic heterocycles. The Bertz CT molecular complexity index is 610. The molecule has 0 aliphatic carbocycles. The number of ketones is 1. The number of cyclic esters (lactones) is 1. The van der Waals surface area contributed by atoms with Crippen LogP contribution in [0.3, 0.4) is 0 Å². The fourth-order valence-corrected chi connectivity index (χ4v) is 5.48. The number of rotatable bonds is 3. The molecular weight excluding hydrogens is 380 g/mol. The molecule has 2 saturated heterocycles. The zero-order valence-electron chi connectivity index (χ0n) is 20.4. The molecule has 2 fully saturated rings. The van der Waals surface area contributed by atoms with Gasteiger partial charge in [-0.1, -0.05) is 27.7 Å². The fraction of sp³-hybridized carbons (Fsp3) is 0.917. The van der Waals surface area contributed by atoms with Crippen molar-refractivity contribution in [1.82, 2.24) is 9.80 Å². The van der Waals surface area contributed by atoms with Gasteiger partial charge >= 0.3 is 5.97 Å². The Morgan fingerprint density at radius 1 is 1.10 bits per heavy atom. The van der Waals surface area contributed by atoms with Gasteiger partial charge in [-0.25, -0.2) is 0 Å². The molecule has 174 valence electrons. The molecule has 6 nitrogen and oxygen atoms in total. The van der Waals surface area contributed by atoms with Crippen LogP contribution >= 0.6 is 0 Å². The third-order valence-corrected chi connectivity index (χ3v) is 6.81. The highest BCUT2D eigenvalue weighted by Crippen LogP contribution is 2.33. The summed E-state index contributed by atoms with van der Waals surface area (Å²) in [6.07, 6.45) is 0.980. The number of esters is 1. The van der Waals surface area contributed by atoms with E-state index in [1.165, 1.54) is 0 Å². The van der Waals surface area contributed by atoms with Crippen molar-refractivity contribution in [3.63, 3.8) is 0 Å². The lowest BCUT2D eigenvalue weighted by atomic mass is 9.76. The lowest BCUT2D eigenvalue weighted by Gasteiger charge is -2.47. The maximum Gasteiger partial charge on any atom is 0.319 e. The van der Waals surface area contributed by atoms with Crippen LogP contribution in [-0.2, 0) is 14.3 Å². The van der Waals surface area contributed by atoms with E-state index >= 15 is 0 Å². The minimum absolute atomic E-state index is 0.119. The molecule has 0 radical (unpaired) electrons. The number of carbonyl (C=O) groups is 2. The van der Waals surface area contributed by atoms with Gasteiger partial charge in [0.05, 0.1) is 5.60 Å². The Morgan fingerprint density at radius 3 is 2.27 bits per heavy atom. The summed E-state index contributed by atoms with van der Waals surface area (Å²) < 4.78 is 5.75. The van der Waals surface area contributed by atoms with Gasteiger partial charge in [-0.2, -0.15) is 0 Å². The summed E-state index contributed by atoms with van der Waals surface area (Å²) in [5.74, 6) is 0.334. The molecule has 0 saturated carbocycles. The molecule has 0 aromatic rings. The predicted octanol–water partition coefficient (Wildman–Crippen LogP) is 2.83. The van der Waals surface area contributed by atoms with E-state index in [0.717, 1.165) is 26.2 Å². The second-order valence-electron chi connectivity index (χ2n) is 11.4. The van der Waals surface area contributed by atoms with Crippen LogP contribution in [0, 0.1) is 29.1 Å². The number of Topliss-reactive ketones (excluding diaryl/α,β-unsaturated/α-hetero) is 1. The highest BCUT2D eigenvalue weighted by Gasteiger charge is 2.44. The number of likely N-dealkylation sites (N-methyl/N-ethyl adjacent to an activating group) is 1. The smallest absolute Gasteiger partial charge is 0.319 e. The standard InChI is InChI=1S/C24H44N2O4/c1-16(2)11-26-13-19(14-26)20-15-30-22(28)23(5,6)21(27)18(4)10-24(7,29)9-17(3)12-25(20)8/h16-20,29H,9-15H2,1-8H3/t17-,18-,20+,24-/m1/s1. The molecule has 0 aromatic heterocycles. The van der Waals surface area contributed by atoms with Crippen molar-refractivity contribution in [1.29, 1.82) is 0 Å². The minimum Gasteiger partial charge on any atom is -0.463 e. The number of nitrogens with zero attached hydrogens (tertiary/aromatic N) is 2. The van der Waals surface area contributed by atoms with Crippen LogP contribution in [0.5, 0.6) is 0 Å². The van der Waals surface area contributed by atoms with E-state index in [9.17, 15) is 14.7 Å². The zero-order chi connectivity index (χ0) is 22.9. The lowest BCUT2D eigenvalue weighted by molar-refractivity contribution is -0.162. The van der Waals surface area contributed by atoms with Gasteiger partial charge in [0.15, 0.2) is 5.78 Å². The Labute approximate surface area is 183 Å². The largest absolute Gasteiger partial charge is 0.463 e. The summed E-state index contributed by atoms with van der Waals surface area (Å²) in [5, 5.41) is 11.0. The molecule has 30 heavy (non-hydrogen) atoms. The van der Waals surface area contributed by atoms with Crippen LogP contribution in [0.2, 0.25) is 0 Å². The van der Waals surface area contributed by atoms with Crippen molar-refractivity contribution in [3.05, 3.63) is 0 Å². The van der Waals surface area contributed by atoms with E-state index in [4.69, 9.17) is 4.74 Å². The first-order valence-electron chi connectivity index (χ1n) is 11.6. The highest BCUT2D eigenvalue weighted by molar-refractivity contribution is 6.03. The van der Waals surface area contributed by atoms with E-state index in [2.05, 4.69) is 37.6 Å². The molecular formula is C24H44N2O4. The molecule has 0 aromatic carbocycles. The summed E-state index contributed by atoms with van der Waals surface area (Å²) in [6, 6.07) is 0.119. The van der Waals surface area contributed by atoms with Crippen LogP contribution in [-0.4, -0.2) is 78.1 Å². The maximum absolute atomic E-state index is 13.0. The van der Waals surface area contributed by atoms with Crippen molar-refractivity contribution in [2.24, 2.45) is 29.1 Å². The number of aliphatic hydroxyl groups is 1. The molecule has 0 bridgehead atoms. The Kier molecular flexibility index (Phi) is 8.14. The third-order valence-electron chi connectivity index (χ3n) is 6.81. The lowest BCUT2D eigenvalue weighted by Crippen LogP contribution is -2.58. The van der Waals surface area contributed by atoms with Crippen molar-refractivity contribution >= 4 is 11.8 Å². The van der Waals surface area contributed by atoms with Crippen LogP contribution in [0.4, 0.5) is 0 Å². The van der Waals surface area contributed by atoms with Crippen LogP contribution in [0.15, 0.2) is 0 Å². The molecule has 1 N–H and O–H groups in total. The monoisotopic (exact) mass is 424 g/mol. The van der Waals surface area contributed by atoms with Gasteiger partial charge in [-0.05, 0) is 52.5 Å². The number of ether oxygens (including phenoxy) is 1. The van der Waals surface area contributed by atoms with Crippen molar-refractivity contribution in [2.45, 2.75) is 73.0 Å². The maximum atomic E-state index is 13.0. The molecule has 6 heteroatoms. The number of likely N-dealkylation sites (tertiary alicyclic amines) is 1. The molecule has 0 spiro atoms. The van der Waals surface area contributed by atoms with Gasteiger partial charge in [0, 0.05) is 44.1 Å². The summed E-state index contributed by atoms with van der Waals surface area (Å²) in [4.78, 5) is 30.6. The van der Waals surface area contributed by atoms with E-state index in [1.807, 2.05) is 13.8 Å². The SMILES string of the molecule is CC(C)CN1CC([C@@H]2COC(=O)C(C)(C)C(=O)[C@H](C)C[C@](C)(O)C[C@@H](C)CN2C)C1.